The Bertz CT molecular complexity index is 414. The summed E-state index contributed by atoms with van der Waals surface area (Å²) in [4.78, 5) is 5.00. The van der Waals surface area contributed by atoms with E-state index in [-0.39, 0.29) is 0 Å². The highest BCUT2D eigenvalue weighted by Crippen LogP contribution is 2.20. The Morgan fingerprint density at radius 2 is 1.77 bits per heavy atom. The van der Waals surface area contributed by atoms with Gasteiger partial charge in [-0.15, -0.1) is 0 Å². The van der Waals surface area contributed by atoms with Crippen LogP contribution in [-0.4, -0.2) is 56.2 Å². The van der Waals surface area contributed by atoms with Gasteiger partial charge in [-0.05, 0) is 44.5 Å². The van der Waals surface area contributed by atoms with Gasteiger partial charge in [-0.1, -0.05) is 38.0 Å². The summed E-state index contributed by atoms with van der Waals surface area (Å²) in [5.41, 5.74) is 1.37. The first kappa shape index (κ1) is 17.3. The van der Waals surface area contributed by atoms with Crippen molar-refractivity contribution in [2.24, 2.45) is 0 Å². The topological polar surface area (TPSA) is 15.7 Å². The summed E-state index contributed by atoms with van der Waals surface area (Å²) in [7, 11) is 2.21. The molecule has 3 heteroatoms. The lowest BCUT2D eigenvalue weighted by molar-refractivity contribution is 0.153. The predicted molar refractivity (Wildman–Crippen MR) is 93.7 cm³/mol. The van der Waals surface area contributed by atoms with Gasteiger partial charge in [0.05, 0.1) is 6.61 Å². The fourth-order valence-corrected chi connectivity index (χ4v) is 2.95. The molecule has 0 spiro atoms. The maximum absolute atomic E-state index is 5.98. The number of hydrogen-bond donors (Lipinski definition) is 0. The number of piperazine rings is 1. The zero-order valence-corrected chi connectivity index (χ0v) is 14.4. The Morgan fingerprint density at radius 1 is 1.00 bits per heavy atom. The van der Waals surface area contributed by atoms with E-state index in [0.717, 1.165) is 25.2 Å². The van der Waals surface area contributed by atoms with Crippen molar-refractivity contribution in [2.75, 3.05) is 46.4 Å². The minimum atomic E-state index is 0.851. The molecule has 1 heterocycles. The molecular weight excluding hydrogens is 272 g/mol. The molecule has 0 aliphatic carbocycles. The van der Waals surface area contributed by atoms with Gasteiger partial charge in [0.25, 0.3) is 0 Å². The van der Waals surface area contributed by atoms with Gasteiger partial charge in [-0.3, -0.25) is 0 Å². The van der Waals surface area contributed by atoms with Crippen molar-refractivity contribution in [2.45, 2.75) is 39.0 Å². The molecule has 1 aliphatic heterocycles. The van der Waals surface area contributed by atoms with E-state index in [1.54, 1.807) is 0 Å². The van der Waals surface area contributed by atoms with Gasteiger partial charge >= 0.3 is 0 Å². The van der Waals surface area contributed by atoms with Gasteiger partial charge < -0.3 is 14.5 Å². The second-order valence-corrected chi connectivity index (χ2v) is 6.41. The van der Waals surface area contributed by atoms with Crippen LogP contribution in [0.25, 0.3) is 0 Å². The summed E-state index contributed by atoms with van der Waals surface area (Å²) in [5.74, 6) is 1.09. The van der Waals surface area contributed by atoms with Crippen molar-refractivity contribution >= 4 is 0 Å². The van der Waals surface area contributed by atoms with Crippen molar-refractivity contribution in [3.8, 4) is 5.75 Å². The van der Waals surface area contributed by atoms with E-state index in [1.165, 1.54) is 57.5 Å². The van der Waals surface area contributed by atoms with E-state index in [1.807, 2.05) is 0 Å². The molecule has 0 atom stereocenters. The average molecular weight is 304 g/mol. The summed E-state index contributed by atoms with van der Waals surface area (Å²) < 4.78 is 5.98. The van der Waals surface area contributed by atoms with Gasteiger partial charge in [0.15, 0.2) is 0 Å². The quantitative estimate of drug-likeness (QED) is 0.650. The number of hydrogen-bond acceptors (Lipinski definition) is 3. The molecule has 0 amide bonds. The minimum absolute atomic E-state index is 0.851. The SMILES string of the molecule is CCCCCOc1ccccc1CCCN1CCN(C)CC1. The van der Waals surface area contributed by atoms with Crippen LogP contribution in [0.3, 0.4) is 0 Å². The normalized spacial score (nSPS) is 16.8. The monoisotopic (exact) mass is 304 g/mol. The Hall–Kier alpha value is -1.06. The van der Waals surface area contributed by atoms with E-state index in [4.69, 9.17) is 4.74 Å². The Morgan fingerprint density at radius 3 is 2.55 bits per heavy atom. The second-order valence-electron chi connectivity index (χ2n) is 6.41. The third-order valence-corrected chi connectivity index (χ3v) is 4.49. The molecular formula is C19H32N2O. The molecule has 3 nitrogen and oxygen atoms in total. The minimum Gasteiger partial charge on any atom is -0.493 e. The van der Waals surface area contributed by atoms with Crippen LogP contribution in [0.1, 0.15) is 38.2 Å². The van der Waals surface area contributed by atoms with Crippen molar-refractivity contribution in [3.63, 3.8) is 0 Å². The molecule has 0 saturated carbocycles. The molecule has 0 bridgehead atoms. The van der Waals surface area contributed by atoms with Gasteiger partial charge in [0.2, 0.25) is 0 Å². The standard InChI is InChI=1S/C19H32N2O/c1-3-4-7-17-22-19-11-6-5-9-18(19)10-8-12-21-15-13-20(2)14-16-21/h5-6,9,11H,3-4,7-8,10,12-17H2,1-2H3. The van der Waals surface area contributed by atoms with Gasteiger partial charge in [0, 0.05) is 26.2 Å². The van der Waals surface area contributed by atoms with Crippen molar-refractivity contribution in [3.05, 3.63) is 29.8 Å². The lowest BCUT2D eigenvalue weighted by Crippen LogP contribution is -2.44. The molecule has 1 saturated heterocycles. The molecule has 1 aromatic rings. The van der Waals surface area contributed by atoms with Crippen molar-refractivity contribution in [1.29, 1.82) is 0 Å². The number of likely N-dealkylation sites (N-methyl/N-ethyl adjacent to an activating group) is 1. The van der Waals surface area contributed by atoms with Gasteiger partial charge in [-0.2, -0.15) is 0 Å². The van der Waals surface area contributed by atoms with E-state index in [9.17, 15) is 0 Å². The van der Waals surface area contributed by atoms with Crippen LogP contribution in [0.5, 0.6) is 5.75 Å². The van der Waals surface area contributed by atoms with Crippen molar-refractivity contribution < 1.29 is 4.74 Å². The third kappa shape index (κ3) is 5.98. The summed E-state index contributed by atoms with van der Waals surface area (Å²) in [5, 5.41) is 0. The van der Waals surface area contributed by atoms with E-state index < -0.39 is 0 Å². The van der Waals surface area contributed by atoms with E-state index >= 15 is 0 Å². The van der Waals surface area contributed by atoms with E-state index in [2.05, 4.69) is 48.0 Å². The summed E-state index contributed by atoms with van der Waals surface area (Å²) in [6, 6.07) is 8.56. The zero-order chi connectivity index (χ0) is 15.6. The number of aryl methyl sites for hydroxylation is 1. The highest BCUT2D eigenvalue weighted by molar-refractivity contribution is 5.33. The molecule has 2 rings (SSSR count). The van der Waals surface area contributed by atoms with E-state index in [0.29, 0.717) is 0 Å². The first-order valence-electron chi connectivity index (χ1n) is 8.91. The van der Waals surface area contributed by atoms with Crippen LogP contribution in [0, 0.1) is 0 Å². The first-order chi connectivity index (χ1) is 10.8. The highest BCUT2D eigenvalue weighted by Gasteiger charge is 2.13. The third-order valence-electron chi connectivity index (χ3n) is 4.49. The van der Waals surface area contributed by atoms with Crippen molar-refractivity contribution in [1.82, 2.24) is 9.80 Å². The number of ether oxygens (including phenoxy) is 1. The molecule has 0 aromatic heterocycles. The lowest BCUT2D eigenvalue weighted by Gasteiger charge is -2.32. The smallest absolute Gasteiger partial charge is 0.122 e. The van der Waals surface area contributed by atoms with Gasteiger partial charge in [-0.25, -0.2) is 0 Å². The summed E-state index contributed by atoms with van der Waals surface area (Å²) >= 11 is 0. The molecule has 124 valence electrons. The van der Waals surface area contributed by atoms with Crippen LogP contribution < -0.4 is 4.74 Å². The summed E-state index contributed by atoms with van der Waals surface area (Å²) in [6.45, 7) is 9.12. The fourth-order valence-electron chi connectivity index (χ4n) is 2.95. The van der Waals surface area contributed by atoms with Gasteiger partial charge in [0.1, 0.15) is 5.75 Å². The fraction of sp³-hybridized carbons (Fsp3) is 0.684. The van der Waals surface area contributed by atoms with Crippen LogP contribution in [0.2, 0.25) is 0 Å². The van der Waals surface area contributed by atoms with Crippen LogP contribution in [0.4, 0.5) is 0 Å². The molecule has 1 aromatic carbocycles. The number of para-hydroxylation sites is 1. The molecule has 0 N–H and O–H groups in total. The number of unbranched alkanes of at least 4 members (excludes halogenated alkanes) is 2. The van der Waals surface area contributed by atoms with Crippen LogP contribution in [-0.2, 0) is 6.42 Å². The number of rotatable bonds is 9. The first-order valence-corrected chi connectivity index (χ1v) is 8.91. The largest absolute Gasteiger partial charge is 0.493 e. The lowest BCUT2D eigenvalue weighted by atomic mass is 10.1. The molecule has 0 radical (unpaired) electrons. The maximum Gasteiger partial charge on any atom is 0.122 e. The second kappa shape index (κ2) is 9.86. The maximum atomic E-state index is 5.98. The number of benzene rings is 1. The van der Waals surface area contributed by atoms with Crippen LogP contribution >= 0.6 is 0 Å². The number of nitrogens with zero attached hydrogens (tertiary/aromatic N) is 2. The highest BCUT2D eigenvalue weighted by atomic mass is 16.5. The molecule has 1 aliphatic rings. The zero-order valence-electron chi connectivity index (χ0n) is 14.4. The van der Waals surface area contributed by atoms with Crippen LogP contribution in [0.15, 0.2) is 24.3 Å². The summed E-state index contributed by atoms with van der Waals surface area (Å²) in [6.07, 6.45) is 6.00. The predicted octanol–water partition coefficient (Wildman–Crippen LogP) is 3.44. The molecule has 22 heavy (non-hydrogen) atoms. The molecule has 1 fully saturated rings. The Balaban J connectivity index is 1.72. The average Bonchev–Trinajstić information content (AvgIpc) is 2.55. The Labute approximate surface area is 136 Å². The molecule has 0 unspecified atom stereocenters. The Kier molecular flexibility index (Phi) is 7.75.